The Labute approximate surface area is 143 Å². The zero-order chi connectivity index (χ0) is 18.3. The molecule has 2 N–H and O–H groups in total. The molecule has 0 bridgehead atoms. The molecule has 0 saturated carbocycles. The van der Waals surface area contributed by atoms with E-state index in [1.807, 2.05) is 6.07 Å². The highest BCUT2D eigenvalue weighted by molar-refractivity contribution is 6.10. The van der Waals surface area contributed by atoms with Gasteiger partial charge in [-0.25, -0.2) is 9.37 Å². The Balaban J connectivity index is 2.02. The zero-order valence-electron chi connectivity index (χ0n) is 14.1. The molecule has 8 heteroatoms. The minimum Gasteiger partial charge on any atom is -0.345 e. The van der Waals surface area contributed by atoms with Crippen molar-refractivity contribution in [3.05, 3.63) is 29.3 Å². The van der Waals surface area contributed by atoms with Crippen molar-refractivity contribution >= 4 is 22.8 Å². The highest BCUT2D eigenvalue weighted by Crippen LogP contribution is 2.32. The Hall–Kier alpha value is -2.95. The number of nitrogens with one attached hydrogen (secondary N) is 2. The van der Waals surface area contributed by atoms with E-state index in [1.165, 1.54) is 11.1 Å². The van der Waals surface area contributed by atoms with Gasteiger partial charge in [-0.1, -0.05) is 13.8 Å². The van der Waals surface area contributed by atoms with Crippen molar-refractivity contribution in [2.45, 2.75) is 39.4 Å². The first kappa shape index (κ1) is 16.9. The summed E-state index contributed by atoms with van der Waals surface area (Å²) in [7, 11) is 0. The molecule has 0 saturated heterocycles. The van der Waals surface area contributed by atoms with Crippen molar-refractivity contribution in [1.82, 2.24) is 20.2 Å². The van der Waals surface area contributed by atoms with Gasteiger partial charge in [0.2, 0.25) is 5.91 Å². The van der Waals surface area contributed by atoms with E-state index in [0.717, 1.165) is 6.20 Å². The lowest BCUT2D eigenvalue weighted by Crippen LogP contribution is -2.54. The second kappa shape index (κ2) is 6.16. The monoisotopic (exact) mass is 343 g/mol. The molecule has 25 heavy (non-hydrogen) atoms. The molecule has 2 atom stereocenters. The van der Waals surface area contributed by atoms with Gasteiger partial charge in [-0.2, -0.15) is 5.26 Å². The normalized spacial score (nSPS) is 16.0. The molecule has 130 valence electrons. The highest BCUT2D eigenvalue weighted by atomic mass is 19.1. The van der Waals surface area contributed by atoms with Gasteiger partial charge in [0, 0.05) is 17.1 Å². The molecule has 3 heterocycles. The molecule has 3 rings (SSSR count). The molecular weight excluding hydrogens is 325 g/mol. The van der Waals surface area contributed by atoms with Crippen LogP contribution in [0.1, 0.15) is 36.7 Å². The molecule has 1 aliphatic heterocycles. The maximum Gasteiger partial charge on any atom is 0.257 e. The third-order valence-electron chi connectivity index (χ3n) is 4.36. The number of amides is 2. The number of nitrogens with zero attached hydrogens (tertiary/aromatic N) is 3. The van der Waals surface area contributed by atoms with Crippen LogP contribution in [-0.2, 0) is 11.3 Å². The van der Waals surface area contributed by atoms with Crippen molar-refractivity contribution in [2.75, 3.05) is 0 Å². The summed E-state index contributed by atoms with van der Waals surface area (Å²) in [6, 6.07) is 0.441. The largest absolute Gasteiger partial charge is 0.345 e. The maximum atomic E-state index is 14.3. The Morgan fingerprint density at radius 3 is 2.84 bits per heavy atom. The minimum atomic E-state index is -0.811. The van der Waals surface area contributed by atoms with E-state index in [4.69, 9.17) is 5.26 Å². The van der Waals surface area contributed by atoms with E-state index in [2.05, 4.69) is 15.3 Å². The van der Waals surface area contributed by atoms with Crippen molar-refractivity contribution in [2.24, 2.45) is 5.92 Å². The van der Waals surface area contributed by atoms with Gasteiger partial charge in [0.15, 0.2) is 0 Å². The van der Waals surface area contributed by atoms with E-state index in [-0.39, 0.29) is 18.4 Å². The lowest BCUT2D eigenvalue weighted by atomic mass is 9.95. The second-order valence-electron chi connectivity index (χ2n) is 6.49. The fraction of sp³-hybridized carbons (Fsp3) is 0.412. The van der Waals surface area contributed by atoms with Crippen molar-refractivity contribution < 1.29 is 14.0 Å². The smallest absolute Gasteiger partial charge is 0.257 e. The fourth-order valence-corrected chi connectivity index (χ4v) is 3.22. The summed E-state index contributed by atoms with van der Waals surface area (Å²) in [5.74, 6) is -1.51. The second-order valence-corrected chi connectivity index (χ2v) is 6.49. The third-order valence-corrected chi connectivity index (χ3v) is 4.36. The van der Waals surface area contributed by atoms with Gasteiger partial charge in [0.25, 0.3) is 5.91 Å². The average Bonchev–Trinajstić information content (AvgIpc) is 2.99. The molecule has 2 amide bonds. The average molecular weight is 343 g/mol. The first-order valence-electron chi connectivity index (χ1n) is 8.00. The van der Waals surface area contributed by atoms with Crippen LogP contribution in [-0.4, -0.2) is 38.8 Å². The predicted molar refractivity (Wildman–Crippen MR) is 87.8 cm³/mol. The molecule has 0 spiro atoms. The molecule has 2 aromatic rings. The van der Waals surface area contributed by atoms with Crippen molar-refractivity contribution in [1.29, 1.82) is 5.26 Å². The van der Waals surface area contributed by atoms with Crippen molar-refractivity contribution in [3.63, 3.8) is 0 Å². The Morgan fingerprint density at radius 1 is 1.48 bits per heavy atom. The summed E-state index contributed by atoms with van der Waals surface area (Å²) in [5, 5.41) is 11.9. The van der Waals surface area contributed by atoms with Crippen LogP contribution in [0.5, 0.6) is 0 Å². The first-order chi connectivity index (χ1) is 11.8. The SMILES string of the molecule is CC(C#N)NC(=O)C(C(C)C)N1Cc2c(F)cnc3[nH]cc(c23)C1=O. The minimum absolute atomic E-state index is 0.0221. The number of H-pyrrole nitrogens is 1. The zero-order valence-corrected chi connectivity index (χ0v) is 14.1. The van der Waals surface area contributed by atoms with E-state index in [0.29, 0.717) is 22.2 Å². The number of rotatable bonds is 4. The van der Waals surface area contributed by atoms with E-state index in [1.54, 1.807) is 20.8 Å². The van der Waals surface area contributed by atoms with Crippen LogP contribution in [0.2, 0.25) is 0 Å². The Morgan fingerprint density at radius 2 is 2.20 bits per heavy atom. The summed E-state index contributed by atoms with van der Waals surface area (Å²) in [5.41, 5.74) is 1.09. The third kappa shape index (κ3) is 2.71. The van der Waals surface area contributed by atoms with Gasteiger partial charge in [0.05, 0.1) is 24.4 Å². The van der Waals surface area contributed by atoms with Crippen LogP contribution in [0.25, 0.3) is 11.0 Å². The van der Waals surface area contributed by atoms with Crippen LogP contribution in [0.15, 0.2) is 12.4 Å². The summed E-state index contributed by atoms with van der Waals surface area (Å²) in [6.45, 7) is 5.15. The predicted octanol–water partition coefficient (Wildman–Crippen LogP) is 1.71. The van der Waals surface area contributed by atoms with Crippen LogP contribution in [0.3, 0.4) is 0 Å². The summed E-state index contributed by atoms with van der Waals surface area (Å²) < 4.78 is 14.3. The molecule has 7 nitrogen and oxygen atoms in total. The standard InChI is InChI=1S/C17H18FN5O2/c1-8(2)14(16(24)22-9(3)4-19)23-7-11-12(18)6-21-15-13(11)10(5-20-15)17(23)25/h5-6,8-9,14H,7H2,1-3H3,(H,20,21)(H,22,24). The number of pyridine rings is 1. The molecule has 0 aromatic carbocycles. The number of carbonyl (C=O) groups is 2. The number of halogens is 1. The molecule has 2 aromatic heterocycles. The molecule has 0 fully saturated rings. The van der Waals surface area contributed by atoms with Gasteiger partial charge in [0.1, 0.15) is 23.5 Å². The van der Waals surface area contributed by atoms with Gasteiger partial charge in [-0.3, -0.25) is 9.59 Å². The van der Waals surface area contributed by atoms with Crippen LogP contribution >= 0.6 is 0 Å². The Bertz CT molecular complexity index is 898. The van der Waals surface area contributed by atoms with Crippen LogP contribution < -0.4 is 5.32 Å². The van der Waals surface area contributed by atoms with Crippen LogP contribution in [0, 0.1) is 23.1 Å². The number of aromatic nitrogens is 2. The van der Waals surface area contributed by atoms with Gasteiger partial charge in [-0.05, 0) is 12.8 Å². The van der Waals surface area contributed by atoms with Gasteiger partial charge in [-0.15, -0.1) is 0 Å². The Kier molecular flexibility index (Phi) is 4.17. The van der Waals surface area contributed by atoms with Gasteiger partial charge < -0.3 is 15.2 Å². The lowest BCUT2D eigenvalue weighted by molar-refractivity contribution is -0.127. The first-order valence-corrected chi connectivity index (χ1v) is 8.00. The fourth-order valence-electron chi connectivity index (χ4n) is 3.22. The topological polar surface area (TPSA) is 102 Å². The summed E-state index contributed by atoms with van der Waals surface area (Å²) >= 11 is 0. The lowest BCUT2D eigenvalue weighted by Gasteiger charge is -2.36. The highest BCUT2D eigenvalue weighted by Gasteiger charge is 2.38. The molecule has 2 unspecified atom stereocenters. The van der Waals surface area contributed by atoms with E-state index < -0.39 is 23.8 Å². The number of hydrogen-bond donors (Lipinski definition) is 2. The molecule has 0 aliphatic carbocycles. The number of carbonyl (C=O) groups excluding carboxylic acids is 2. The summed E-state index contributed by atoms with van der Waals surface area (Å²) in [6.07, 6.45) is 2.59. The molecular formula is C17H18FN5O2. The van der Waals surface area contributed by atoms with E-state index in [9.17, 15) is 14.0 Å². The van der Waals surface area contributed by atoms with E-state index >= 15 is 0 Å². The molecule has 1 aliphatic rings. The summed E-state index contributed by atoms with van der Waals surface area (Å²) in [4.78, 5) is 33.7. The number of nitriles is 1. The number of aromatic amines is 1. The maximum absolute atomic E-state index is 14.3. The van der Waals surface area contributed by atoms with Gasteiger partial charge >= 0.3 is 0 Å². The molecule has 0 radical (unpaired) electrons. The van der Waals surface area contributed by atoms with Crippen LogP contribution in [0.4, 0.5) is 4.39 Å². The van der Waals surface area contributed by atoms with Crippen molar-refractivity contribution in [3.8, 4) is 6.07 Å². The number of hydrogen-bond acceptors (Lipinski definition) is 4. The quantitative estimate of drug-likeness (QED) is 0.882.